The standard InChI is InChI=1S/C32H37N3S2/c1-3-5-7-9-11-26-20-31(36-29(26)18-15-24-13-16-28(35)17-14-24)32-21-27(12-10-8-6-4-2)30(37-32)19-25(22-33)23-34/h13-21H,3-12,35H2,1-2H3/b18-15+. The number of unbranched alkanes of at least 4 members (excludes halogenated alkanes) is 6. The lowest BCUT2D eigenvalue weighted by molar-refractivity contribution is 0.667. The molecule has 0 saturated heterocycles. The summed E-state index contributed by atoms with van der Waals surface area (Å²) in [4.78, 5) is 4.82. The molecular formula is C32H37N3S2. The second-order valence-corrected chi connectivity index (χ2v) is 11.6. The van der Waals surface area contributed by atoms with Crippen LogP contribution in [0.15, 0.2) is 42.0 Å². The Hall–Kier alpha value is -3.12. The minimum atomic E-state index is 0.165. The van der Waals surface area contributed by atoms with Crippen LogP contribution in [0.1, 0.15) is 91.7 Å². The summed E-state index contributed by atoms with van der Waals surface area (Å²) in [6.45, 7) is 4.47. The van der Waals surface area contributed by atoms with Crippen molar-refractivity contribution in [3.63, 3.8) is 0 Å². The van der Waals surface area contributed by atoms with Crippen LogP contribution in [0.4, 0.5) is 5.69 Å². The van der Waals surface area contributed by atoms with E-state index in [9.17, 15) is 10.5 Å². The van der Waals surface area contributed by atoms with Crippen molar-refractivity contribution in [3.8, 4) is 21.9 Å². The molecule has 1 aromatic carbocycles. The first-order chi connectivity index (χ1) is 18.1. The van der Waals surface area contributed by atoms with Crippen LogP contribution in [0.3, 0.4) is 0 Å². The van der Waals surface area contributed by atoms with Crippen molar-refractivity contribution in [2.45, 2.75) is 78.1 Å². The van der Waals surface area contributed by atoms with E-state index in [1.165, 1.54) is 70.7 Å². The maximum Gasteiger partial charge on any atom is 0.131 e. The summed E-state index contributed by atoms with van der Waals surface area (Å²) in [5.74, 6) is 0. The van der Waals surface area contributed by atoms with Gasteiger partial charge in [0.25, 0.3) is 0 Å². The van der Waals surface area contributed by atoms with E-state index in [0.717, 1.165) is 35.4 Å². The van der Waals surface area contributed by atoms with Crippen molar-refractivity contribution in [3.05, 3.63) is 68.4 Å². The van der Waals surface area contributed by atoms with Crippen LogP contribution < -0.4 is 5.73 Å². The number of nitrogens with two attached hydrogens (primary N) is 1. The number of aryl methyl sites for hydroxylation is 2. The molecule has 0 unspecified atom stereocenters. The van der Waals surface area contributed by atoms with Crippen molar-refractivity contribution < 1.29 is 0 Å². The second kappa shape index (κ2) is 15.2. The Kier molecular flexibility index (Phi) is 11.7. The molecule has 37 heavy (non-hydrogen) atoms. The van der Waals surface area contributed by atoms with Crippen LogP contribution in [0, 0.1) is 22.7 Å². The van der Waals surface area contributed by atoms with Crippen LogP contribution in [-0.2, 0) is 12.8 Å². The van der Waals surface area contributed by atoms with Crippen molar-refractivity contribution in [2.75, 3.05) is 5.73 Å². The predicted molar refractivity (Wildman–Crippen MR) is 162 cm³/mol. The molecule has 2 heterocycles. The third-order valence-corrected chi connectivity index (χ3v) is 8.87. The molecule has 3 nitrogen and oxygen atoms in total. The van der Waals surface area contributed by atoms with Crippen molar-refractivity contribution in [2.24, 2.45) is 0 Å². The maximum atomic E-state index is 9.33. The Bertz CT molecular complexity index is 1260. The number of hydrogen-bond acceptors (Lipinski definition) is 5. The zero-order valence-electron chi connectivity index (χ0n) is 22.1. The molecule has 0 radical (unpaired) electrons. The molecule has 0 spiro atoms. The number of thiophene rings is 2. The molecule has 0 aliphatic carbocycles. The number of nitrogens with zero attached hydrogens (tertiary/aromatic N) is 2. The van der Waals surface area contributed by atoms with Gasteiger partial charge in [0.1, 0.15) is 17.7 Å². The number of nitrogen functional groups attached to an aromatic ring is 1. The number of rotatable bonds is 14. The average Bonchev–Trinajstić information content (AvgIpc) is 3.51. The van der Waals surface area contributed by atoms with Crippen molar-refractivity contribution in [1.82, 2.24) is 0 Å². The lowest BCUT2D eigenvalue weighted by Gasteiger charge is -2.00. The third-order valence-electron chi connectivity index (χ3n) is 6.41. The highest BCUT2D eigenvalue weighted by Crippen LogP contribution is 2.40. The van der Waals surface area contributed by atoms with Crippen LogP contribution >= 0.6 is 22.7 Å². The van der Waals surface area contributed by atoms with Crippen LogP contribution in [-0.4, -0.2) is 0 Å². The number of benzene rings is 1. The van der Waals surface area contributed by atoms with Gasteiger partial charge in [-0.2, -0.15) is 10.5 Å². The normalized spacial score (nSPS) is 10.9. The molecule has 0 aliphatic heterocycles. The largest absolute Gasteiger partial charge is 0.399 e. The van der Waals surface area contributed by atoms with Gasteiger partial charge in [-0.15, -0.1) is 22.7 Å². The van der Waals surface area contributed by atoms with E-state index in [-0.39, 0.29) is 5.57 Å². The fourth-order valence-corrected chi connectivity index (χ4v) is 6.61. The summed E-state index contributed by atoms with van der Waals surface area (Å²) in [5, 5.41) is 18.7. The van der Waals surface area contributed by atoms with E-state index in [0.29, 0.717) is 0 Å². The average molecular weight is 528 g/mol. The molecule has 2 N–H and O–H groups in total. The van der Waals surface area contributed by atoms with Crippen LogP contribution in [0.5, 0.6) is 0 Å². The highest BCUT2D eigenvalue weighted by Gasteiger charge is 2.14. The highest BCUT2D eigenvalue weighted by molar-refractivity contribution is 7.23. The first kappa shape index (κ1) is 28.5. The van der Waals surface area contributed by atoms with Gasteiger partial charge in [0, 0.05) is 25.2 Å². The lowest BCUT2D eigenvalue weighted by Crippen LogP contribution is -1.86. The molecule has 0 atom stereocenters. The van der Waals surface area contributed by atoms with Gasteiger partial charge in [-0.3, -0.25) is 0 Å². The molecule has 0 amide bonds. The molecule has 0 bridgehead atoms. The molecule has 2 aromatic heterocycles. The zero-order valence-corrected chi connectivity index (χ0v) is 23.7. The van der Waals surface area contributed by atoms with Gasteiger partial charge in [-0.1, -0.05) is 70.6 Å². The topological polar surface area (TPSA) is 73.6 Å². The molecule has 0 fully saturated rings. The molecule has 5 heteroatoms. The zero-order chi connectivity index (χ0) is 26.5. The molecule has 3 rings (SSSR count). The van der Waals surface area contributed by atoms with E-state index in [1.54, 1.807) is 17.4 Å². The third kappa shape index (κ3) is 8.74. The van der Waals surface area contributed by atoms with Crippen molar-refractivity contribution >= 4 is 46.6 Å². The SMILES string of the molecule is CCCCCCc1cc(-c2cc(CCCCCC)c(/C=C/c3ccc(N)cc3)s2)sc1C=C(C#N)C#N. The molecule has 0 saturated carbocycles. The smallest absolute Gasteiger partial charge is 0.131 e. The predicted octanol–water partition coefficient (Wildman–Crippen LogP) is 9.91. The Labute approximate surface area is 230 Å². The molecule has 192 valence electrons. The van der Waals surface area contributed by atoms with Crippen LogP contribution in [0.25, 0.3) is 28.0 Å². The first-order valence-corrected chi connectivity index (χ1v) is 15.0. The number of allylic oxidation sites excluding steroid dienone is 1. The van der Waals surface area contributed by atoms with Gasteiger partial charge in [-0.25, -0.2) is 0 Å². The summed E-state index contributed by atoms with van der Waals surface area (Å²) in [6, 6.07) is 16.7. The lowest BCUT2D eigenvalue weighted by atomic mass is 10.0. The summed E-state index contributed by atoms with van der Waals surface area (Å²) in [5.41, 5.74) is 10.6. The fourth-order valence-electron chi connectivity index (χ4n) is 4.27. The molecular weight excluding hydrogens is 491 g/mol. The van der Waals surface area contributed by atoms with E-state index < -0.39 is 0 Å². The van der Waals surface area contributed by atoms with Gasteiger partial charge in [0.2, 0.25) is 0 Å². The van der Waals surface area contributed by atoms with Gasteiger partial charge in [0.05, 0.1) is 0 Å². The van der Waals surface area contributed by atoms with Crippen LogP contribution in [0.2, 0.25) is 0 Å². The summed E-state index contributed by atoms with van der Waals surface area (Å²) in [7, 11) is 0. The fraction of sp³-hybridized carbons (Fsp3) is 0.375. The number of anilines is 1. The summed E-state index contributed by atoms with van der Waals surface area (Å²) < 4.78 is 0. The first-order valence-electron chi connectivity index (χ1n) is 13.4. The molecule has 0 aliphatic rings. The minimum absolute atomic E-state index is 0.165. The molecule has 3 aromatic rings. The highest BCUT2D eigenvalue weighted by atomic mass is 32.1. The minimum Gasteiger partial charge on any atom is -0.399 e. The van der Waals surface area contributed by atoms with E-state index in [1.807, 2.05) is 47.7 Å². The Morgan fingerprint density at radius 2 is 1.30 bits per heavy atom. The van der Waals surface area contributed by atoms with Gasteiger partial charge >= 0.3 is 0 Å². The Balaban J connectivity index is 1.94. The Morgan fingerprint density at radius 3 is 1.84 bits per heavy atom. The summed E-state index contributed by atoms with van der Waals surface area (Å²) >= 11 is 3.53. The van der Waals surface area contributed by atoms with Crippen molar-refractivity contribution in [1.29, 1.82) is 10.5 Å². The monoisotopic (exact) mass is 527 g/mol. The van der Waals surface area contributed by atoms with E-state index >= 15 is 0 Å². The second-order valence-electron chi connectivity index (χ2n) is 9.40. The van der Waals surface area contributed by atoms with Gasteiger partial charge in [0.15, 0.2) is 0 Å². The number of hydrogen-bond donors (Lipinski definition) is 1. The van der Waals surface area contributed by atoms with E-state index in [2.05, 4.69) is 38.1 Å². The maximum absolute atomic E-state index is 9.33. The van der Waals surface area contributed by atoms with Gasteiger partial charge < -0.3 is 5.73 Å². The quantitative estimate of drug-likeness (QED) is 0.129. The van der Waals surface area contributed by atoms with Gasteiger partial charge in [-0.05, 0) is 78.8 Å². The summed E-state index contributed by atoms with van der Waals surface area (Å²) in [6.07, 6.45) is 18.0. The van der Waals surface area contributed by atoms with E-state index in [4.69, 9.17) is 5.73 Å². The Morgan fingerprint density at radius 1 is 0.757 bits per heavy atom. The number of nitriles is 2.